The van der Waals surface area contributed by atoms with Gasteiger partial charge >= 0.3 is 0 Å². The topological polar surface area (TPSA) is 16.4 Å². The highest BCUT2D eigenvalue weighted by atomic mass is 16.3. The van der Waals surface area contributed by atoms with Crippen LogP contribution in [0.4, 0.5) is 17.1 Å². The van der Waals surface area contributed by atoms with Crippen molar-refractivity contribution in [1.29, 1.82) is 0 Å². The van der Waals surface area contributed by atoms with E-state index < -0.39 is 0 Å². The molecule has 238 valence electrons. The molecule has 7 aromatic carbocycles. The van der Waals surface area contributed by atoms with Gasteiger partial charge in [-0.15, -0.1) is 32.8 Å². The molecule has 56 heavy (non-hydrogen) atoms. The van der Waals surface area contributed by atoms with Gasteiger partial charge in [0.25, 0.3) is 0 Å². The van der Waals surface area contributed by atoms with Crippen LogP contribution in [0.2, 0.25) is 0 Å². The molecule has 0 atom stereocenters. The van der Waals surface area contributed by atoms with E-state index in [9.17, 15) is 0 Å². The van der Waals surface area contributed by atoms with Gasteiger partial charge in [0.05, 0.1) is 0 Å². The third-order valence-electron chi connectivity index (χ3n) is 10.3. The van der Waals surface area contributed by atoms with E-state index in [1.165, 1.54) is 0 Å². The van der Waals surface area contributed by atoms with Crippen LogP contribution in [0.5, 0.6) is 0 Å². The summed E-state index contributed by atoms with van der Waals surface area (Å²) in [5.41, 5.74) is 11.1. The highest BCUT2D eigenvalue weighted by Gasteiger charge is 2.18. The summed E-state index contributed by atoms with van der Waals surface area (Å²) in [6.45, 7) is 0. The first-order valence-electron chi connectivity index (χ1n) is 17.7. The molecule has 12 heteroatoms. The van der Waals surface area contributed by atoms with Crippen LogP contribution < -0.4 is 59.5 Å². The molecule has 0 unspecified atom stereocenters. The van der Waals surface area contributed by atoms with Crippen LogP contribution in [0.3, 0.4) is 0 Å². The van der Waals surface area contributed by atoms with Crippen molar-refractivity contribution in [3.63, 3.8) is 0 Å². The van der Waals surface area contributed by atoms with Crippen LogP contribution in [0.15, 0.2) is 132 Å². The monoisotopic (exact) mass is 689 g/mol. The van der Waals surface area contributed by atoms with Crippen molar-refractivity contribution in [2.24, 2.45) is 0 Å². The maximum atomic E-state index is 6.40. The zero-order valence-electron chi connectivity index (χ0n) is 30.3. The first-order valence-corrected chi connectivity index (χ1v) is 17.7. The van der Waals surface area contributed by atoms with E-state index in [4.69, 9.17) is 82.9 Å². The van der Waals surface area contributed by atoms with Gasteiger partial charge in [0.2, 0.25) is 0 Å². The lowest BCUT2D eigenvalue weighted by Gasteiger charge is -2.27. The van der Waals surface area contributed by atoms with E-state index in [0.29, 0.717) is 11.1 Å². The molecule has 8 rings (SSSR count). The van der Waals surface area contributed by atoms with Crippen molar-refractivity contribution in [3.05, 3.63) is 127 Å². The molecular formula is C44H21B10NO. The minimum Gasteiger partial charge on any atom is -0.456 e. The minimum absolute atomic E-state index is 0.160. The Morgan fingerprint density at radius 1 is 0.321 bits per heavy atom. The van der Waals surface area contributed by atoms with Crippen molar-refractivity contribution >= 4 is 161 Å². The van der Waals surface area contributed by atoms with Crippen molar-refractivity contribution in [1.82, 2.24) is 0 Å². The Balaban J connectivity index is 1.19. The molecule has 1 heterocycles. The van der Waals surface area contributed by atoms with Gasteiger partial charge in [-0.1, -0.05) is 94.6 Å². The molecule has 0 N–H and O–H groups in total. The first-order chi connectivity index (χ1) is 26.9. The summed E-state index contributed by atoms with van der Waals surface area (Å²) in [5.74, 6) is 0.809. The number of nitrogens with zero attached hydrogens (tertiary/aromatic N) is 1. The van der Waals surface area contributed by atoms with Gasteiger partial charge in [-0.3, -0.25) is 0 Å². The summed E-state index contributed by atoms with van der Waals surface area (Å²) in [6, 6.07) is 42.2. The molecule has 0 amide bonds. The van der Waals surface area contributed by atoms with Crippen molar-refractivity contribution in [2.45, 2.75) is 0 Å². The Morgan fingerprint density at radius 3 is 1.16 bits per heavy atom. The van der Waals surface area contributed by atoms with Crippen LogP contribution in [-0.4, -0.2) is 78.5 Å². The fourth-order valence-electron chi connectivity index (χ4n) is 7.10. The fourth-order valence-corrected chi connectivity index (χ4v) is 7.10. The maximum absolute atomic E-state index is 6.40. The summed E-state index contributed by atoms with van der Waals surface area (Å²) < 4.78 is 6.16. The van der Waals surface area contributed by atoms with Crippen molar-refractivity contribution < 1.29 is 4.42 Å². The second-order valence-electron chi connectivity index (χ2n) is 13.6. The largest absolute Gasteiger partial charge is 0.456 e. The molecule has 8 aromatic rings. The molecule has 2 nitrogen and oxygen atoms in total. The zero-order valence-corrected chi connectivity index (χ0v) is 30.3. The summed E-state index contributed by atoms with van der Waals surface area (Å²) >= 11 is 0. The molecule has 0 aliphatic rings. The Bertz CT molecular complexity index is 2590. The predicted molar refractivity (Wildman–Crippen MR) is 247 cm³/mol. The van der Waals surface area contributed by atoms with Gasteiger partial charge < -0.3 is 9.32 Å². The van der Waals surface area contributed by atoms with E-state index in [2.05, 4.69) is 47.4 Å². The fraction of sp³-hybridized carbons (Fsp3) is 0. The highest BCUT2D eigenvalue weighted by molar-refractivity contribution is 6.69. The molecule has 0 saturated carbocycles. The number of hydrogen-bond donors (Lipinski definition) is 0. The number of hydrogen-bond acceptors (Lipinski definition) is 2. The molecule has 0 saturated heterocycles. The van der Waals surface area contributed by atoms with Gasteiger partial charge in [0.15, 0.2) is 0 Å². The lowest BCUT2D eigenvalue weighted by molar-refractivity contribution is 0.631. The van der Waals surface area contributed by atoms with Gasteiger partial charge in [0.1, 0.15) is 89.8 Å². The molecule has 0 aliphatic carbocycles. The van der Waals surface area contributed by atoms with Crippen LogP contribution in [0.25, 0.3) is 55.7 Å². The van der Waals surface area contributed by atoms with Gasteiger partial charge in [-0.2, -0.15) is 0 Å². The average Bonchev–Trinajstić information content (AvgIpc) is 3.67. The summed E-state index contributed by atoms with van der Waals surface area (Å²) in [7, 11) is 62.5. The Labute approximate surface area is 341 Å². The summed E-state index contributed by atoms with van der Waals surface area (Å²) in [4.78, 5) is 2.11. The van der Waals surface area contributed by atoms with E-state index in [1.807, 2.05) is 84.9 Å². The number of fused-ring (bicyclic) bond motifs is 1. The quantitative estimate of drug-likeness (QED) is 0.228. The van der Waals surface area contributed by atoms with E-state index >= 15 is 0 Å². The summed E-state index contributed by atoms with van der Waals surface area (Å²) in [5, 5.41) is 1.06. The minimum atomic E-state index is 0.160. The second kappa shape index (κ2) is 14.9. The average molecular weight is 688 g/mol. The standard InChI is InChI=1S/C44H21B10NO/c45-35-33(36(46)40(50)43(53)39(35)49)23-10-16-29(17-11-23)55(30-18-12-24(13-19-30)34-37(47)41(51)44(54)42(52)38(34)48)28-14-8-22(9-15-28)25-5-3-6-26(20-25)32-21-27-4-1-2-7-31(27)56-32/h1-21H. The molecule has 0 fully saturated rings. The predicted octanol–water partition coefficient (Wildman–Crippen LogP) is 0.509. The van der Waals surface area contributed by atoms with Crippen molar-refractivity contribution in [3.8, 4) is 44.7 Å². The Hall–Kier alpha value is -5.47. The van der Waals surface area contributed by atoms with Crippen molar-refractivity contribution in [2.75, 3.05) is 4.90 Å². The molecular weight excluding hydrogens is 667 g/mol. The third kappa shape index (κ3) is 6.53. The smallest absolute Gasteiger partial charge is 0.135 e. The molecule has 0 aliphatic heterocycles. The zero-order chi connectivity index (χ0) is 39.4. The molecule has 20 radical (unpaired) electrons. The Kier molecular flexibility index (Phi) is 9.95. The van der Waals surface area contributed by atoms with Gasteiger partial charge in [0, 0.05) is 28.0 Å². The molecule has 0 bridgehead atoms. The van der Waals surface area contributed by atoms with Crippen LogP contribution in [0, 0.1) is 0 Å². The lowest BCUT2D eigenvalue weighted by atomic mass is 9.59. The second-order valence-corrected chi connectivity index (χ2v) is 13.6. The molecule has 1 aromatic heterocycles. The summed E-state index contributed by atoms with van der Waals surface area (Å²) in [6.07, 6.45) is 0. The van der Waals surface area contributed by atoms with E-state index in [-0.39, 0.29) is 54.6 Å². The first kappa shape index (κ1) is 37.5. The van der Waals surface area contributed by atoms with E-state index in [0.717, 1.165) is 61.6 Å². The van der Waals surface area contributed by atoms with Crippen LogP contribution in [0.1, 0.15) is 0 Å². The lowest BCUT2D eigenvalue weighted by Crippen LogP contribution is -2.55. The third-order valence-corrected chi connectivity index (χ3v) is 10.3. The normalized spacial score (nSPS) is 11.2. The molecule has 0 spiro atoms. The number of para-hydroxylation sites is 1. The SMILES string of the molecule is [B]c1c([B])c([B])c(-c2ccc(N(c3ccc(-c4cccc(-c5cc6ccccc6o5)c4)cc3)c3ccc(-c4c([B])c([B])c([B])c([B])c4[B])cc3)cc2)c([B])c1[B]. The van der Waals surface area contributed by atoms with Crippen LogP contribution >= 0.6 is 0 Å². The maximum Gasteiger partial charge on any atom is 0.135 e. The number of anilines is 3. The van der Waals surface area contributed by atoms with E-state index in [1.54, 1.807) is 0 Å². The number of rotatable bonds is 7. The highest BCUT2D eigenvalue weighted by Crippen LogP contribution is 2.38. The Morgan fingerprint density at radius 2 is 0.714 bits per heavy atom. The number of benzene rings is 7. The van der Waals surface area contributed by atoms with Crippen LogP contribution in [-0.2, 0) is 0 Å². The van der Waals surface area contributed by atoms with Gasteiger partial charge in [-0.25, -0.2) is 0 Å². The number of furan rings is 1. The van der Waals surface area contributed by atoms with Gasteiger partial charge in [-0.05, 0) is 88.0 Å².